The number of benzene rings is 1. The topological polar surface area (TPSA) is 61.4 Å². The number of hydrogen-bond acceptors (Lipinski definition) is 3. The van der Waals surface area contributed by atoms with Gasteiger partial charge in [0.25, 0.3) is 5.97 Å². The van der Waals surface area contributed by atoms with E-state index in [2.05, 4.69) is 10.6 Å². The molecule has 0 saturated carbocycles. The van der Waals surface area contributed by atoms with Crippen LogP contribution in [-0.4, -0.2) is 37.3 Å². The van der Waals surface area contributed by atoms with Gasteiger partial charge in [0, 0.05) is 38.1 Å². The van der Waals surface area contributed by atoms with Crippen molar-refractivity contribution in [2.24, 2.45) is 0 Å². The molecule has 1 heterocycles. The Bertz CT molecular complexity index is 274. The molecule has 1 fully saturated rings. The molecule has 4 nitrogen and oxygen atoms in total. The zero-order valence-electron chi connectivity index (χ0n) is 9.95. The highest BCUT2D eigenvalue weighted by molar-refractivity contribution is 6.30. The lowest BCUT2D eigenvalue weighted by atomic mass is 10.4. The highest BCUT2D eigenvalue weighted by atomic mass is 35.5. The van der Waals surface area contributed by atoms with E-state index in [4.69, 9.17) is 21.5 Å². The molecular weight excluding hydrogens is 240 g/mol. The number of nitrogens with one attached hydrogen (secondary N) is 2. The predicted octanol–water partition coefficient (Wildman–Crippen LogP) is 1.61. The van der Waals surface area contributed by atoms with Gasteiger partial charge in [0.1, 0.15) is 0 Å². The predicted molar refractivity (Wildman–Crippen MR) is 70.5 cm³/mol. The lowest BCUT2D eigenvalue weighted by molar-refractivity contribution is -0.134. The highest BCUT2D eigenvalue weighted by Crippen LogP contribution is 2.03. The Kier molecular flexibility index (Phi) is 10.7. The lowest BCUT2D eigenvalue weighted by Crippen LogP contribution is -2.39. The second-order valence-corrected chi connectivity index (χ2v) is 3.75. The maximum atomic E-state index is 9.00. The molecule has 0 unspecified atom stereocenters. The van der Waals surface area contributed by atoms with Gasteiger partial charge in [0.2, 0.25) is 0 Å². The average molecular weight is 259 g/mol. The van der Waals surface area contributed by atoms with Gasteiger partial charge in [-0.05, 0) is 12.1 Å². The largest absolute Gasteiger partial charge is 0.481 e. The molecule has 3 N–H and O–H groups in total. The zero-order valence-corrected chi connectivity index (χ0v) is 10.7. The standard InChI is InChI=1S/C6H5Cl.C4H10N2.C2H4O2/c7-6-4-2-1-3-5-6;1-2-6-4-3-5-1;1-2(3)4/h1-5H;5-6H,1-4H2;1H3,(H,3,4). The van der Waals surface area contributed by atoms with Crippen molar-refractivity contribution in [1.82, 2.24) is 10.6 Å². The first kappa shape index (κ1) is 15.9. The van der Waals surface area contributed by atoms with Crippen LogP contribution in [-0.2, 0) is 4.79 Å². The monoisotopic (exact) mass is 258 g/mol. The first-order valence-electron chi connectivity index (χ1n) is 5.44. The van der Waals surface area contributed by atoms with Gasteiger partial charge in [-0.15, -0.1) is 0 Å². The Morgan fingerprint density at radius 2 is 1.47 bits per heavy atom. The minimum absolute atomic E-state index is 0.794. The van der Waals surface area contributed by atoms with Crippen LogP contribution >= 0.6 is 11.6 Å². The first-order chi connectivity index (χ1) is 8.13. The fourth-order valence-corrected chi connectivity index (χ4v) is 1.16. The molecule has 0 amide bonds. The van der Waals surface area contributed by atoms with Crippen LogP contribution < -0.4 is 10.6 Å². The number of rotatable bonds is 0. The van der Waals surface area contributed by atoms with E-state index in [-0.39, 0.29) is 0 Å². The zero-order chi connectivity index (χ0) is 12.9. The van der Waals surface area contributed by atoms with E-state index in [1.807, 2.05) is 30.3 Å². The fraction of sp³-hybridized carbons (Fsp3) is 0.417. The van der Waals surface area contributed by atoms with Crippen LogP contribution in [0.3, 0.4) is 0 Å². The lowest BCUT2D eigenvalue weighted by Gasteiger charge is -2.11. The molecule has 0 bridgehead atoms. The maximum Gasteiger partial charge on any atom is 0.300 e. The Hall–Kier alpha value is -1.10. The van der Waals surface area contributed by atoms with Gasteiger partial charge in [0.15, 0.2) is 0 Å². The van der Waals surface area contributed by atoms with Gasteiger partial charge in [-0.1, -0.05) is 29.8 Å². The Balaban J connectivity index is 0.000000236. The Labute approximate surface area is 107 Å². The number of hydrogen-bond donors (Lipinski definition) is 3. The van der Waals surface area contributed by atoms with Crippen molar-refractivity contribution in [2.45, 2.75) is 6.92 Å². The van der Waals surface area contributed by atoms with Crippen LogP contribution in [0.5, 0.6) is 0 Å². The van der Waals surface area contributed by atoms with Crippen molar-refractivity contribution in [1.29, 1.82) is 0 Å². The van der Waals surface area contributed by atoms with Crippen molar-refractivity contribution >= 4 is 17.6 Å². The van der Waals surface area contributed by atoms with Crippen molar-refractivity contribution in [3.63, 3.8) is 0 Å². The molecule has 0 aromatic heterocycles. The summed E-state index contributed by atoms with van der Waals surface area (Å²) in [7, 11) is 0. The molecule has 2 rings (SSSR count). The minimum atomic E-state index is -0.833. The quantitative estimate of drug-likeness (QED) is 0.662. The van der Waals surface area contributed by atoms with Crippen LogP contribution in [0.25, 0.3) is 0 Å². The molecule has 17 heavy (non-hydrogen) atoms. The fourth-order valence-electron chi connectivity index (χ4n) is 1.02. The van der Waals surface area contributed by atoms with E-state index in [1.54, 1.807) is 0 Å². The summed E-state index contributed by atoms with van der Waals surface area (Å²) in [5, 5.41) is 14.7. The number of aliphatic carboxylic acids is 1. The molecule has 0 spiro atoms. The summed E-state index contributed by atoms with van der Waals surface area (Å²) in [5.74, 6) is -0.833. The van der Waals surface area contributed by atoms with E-state index in [0.29, 0.717) is 0 Å². The van der Waals surface area contributed by atoms with E-state index in [9.17, 15) is 0 Å². The molecule has 1 aromatic rings. The van der Waals surface area contributed by atoms with Gasteiger partial charge in [-0.25, -0.2) is 0 Å². The first-order valence-corrected chi connectivity index (χ1v) is 5.82. The number of carbonyl (C=O) groups is 1. The summed E-state index contributed by atoms with van der Waals surface area (Å²) in [6, 6.07) is 9.44. The molecule has 1 aromatic carbocycles. The third-order valence-corrected chi connectivity index (χ3v) is 1.94. The minimum Gasteiger partial charge on any atom is -0.481 e. The Morgan fingerprint density at radius 1 is 1.12 bits per heavy atom. The molecule has 1 aliphatic heterocycles. The van der Waals surface area contributed by atoms with Gasteiger partial charge in [0.05, 0.1) is 0 Å². The molecule has 5 heteroatoms. The second-order valence-electron chi connectivity index (χ2n) is 3.31. The van der Waals surface area contributed by atoms with Crippen molar-refractivity contribution in [3.8, 4) is 0 Å². The number of carboxylic acids is 1. The van der Waals surface area contributed by atoms with Crippen LogP contribution in [0.15, 0.2) is 30.3 Å². The molecule has 0 atom stereocenters. The summed E-state index contributed by atoms with van der Waals surface area (Å²) >= 11 is 5.54. The van der Waals surface area contributed by atoms with Gasteiger partial charge < -0.3 is 15.7 Å². The number of piperazine rings is 1. The maximum absolute atomic E-state index is 9.00. The molecule has 96 valence electrons. The van der Waals surface area contributed by atoms with Crippen molar-refractivity contribution in [3.05, 3.63) is 35.4 Å². The van der Waals surface area contributed by atoms with Gasteiger partial charge >= 0.3 is 0 Å². The van der Waals surface area contributed by atoms with E-state index < -0.39 is 5.97 Å². The summed E-state index contributed by atoms with van der Waals surface area (Å²) in [6.45, 7) is 5.64. The summed E-state index contributed by atoms with van der Waals surface area (Å²) in [6.07, 6.45) is 0. The number of carboxylic acid groups (broad SMARTS) is 1. The van der Waals surface area contributed by atoms with E-state index in [1.165, 1.54) is 0 Å². The Morgan fingerprint density at radius 3 is 1.65 bits per heavy atom. The normalized spacial score (nSPS) is 13.5. The smallest absolute Gasteiger partial charge is 0.300 e. The molecule has 0 radical (unpaired) electrons. The van der Waals surface area contributed by atoms with Crippen LogP contribution in [0.2, 0.25) is 5.02 Å². The summed E-state index contributed by atoms with van der Waals surface area (Å²) in [4.78, 5) is 9.00. The molecule has 0 aliphatic carbocycles. The molecule has 1 saturated heterocycles. The SMILES string of the molecule is C1CNCCN1.CC(=O)O.Clc1ccccc1. The van der Waals surface area contributed by atoms with Crippen LogP contribution in [0.1, 0.15) is 6.92 Å². The van der Waals surface area contributed by atoms with Crippen molar-refractivity contribution < 1.29 is 9.90 Å². The van der Waals surface area contributed by atoms with E-state index >= 15 is 0 Å². The second kappa shape index (κ2) is 11.4. The third-order valence-electron chi connectivity index (χ3n) is 1.69. The molecule has 1 aliphatic rings. The van der Waals surface area contributed by atoms with Crippen LogP contribution in [0, 0.1) is 0 Å². The average Bonchev–Trinajstić information content (AvgIpc) is 2.32. The van der Waals surface area contributed by atoms with Gasteiger partial charge in [-0.3, -0.25) is 4.79 Å². The van der Waals surface area contributed by atoms with Gasteiger partial charge in [-0.2, -0.15) is 0 Å². The summed E-state index contributed by atoms with van der Waals surface area (Å²) < 4.78 is 0. The number of halogens is 1. The van der Waals surface area contributed by atoms with Crippen molar-refractivity contribution in [2.75, 3.05) is 26.2 Å². The highest BCUT2D eigenvalue weighted by Gasteiger charge is 1.91. The van der Waals surface area contributed by atoms with E-state index in [0.717, 1.165) is 38.1 Å². The summed E-state index contributed by atoms with van der Waals surface area (Å²) in [5.41, 5.74) is 0. The molecular formula is C12H19ClN2O2. The third kappa shape index (κ3) is 14.9. The van der Waals surface area contributed by atoms with Crippen LogP contribution in [0.4, 0.5) is 0 Å².